The maximum absolute atomic E-state index is 14.3. The molecule has 0 amide bonds. The molecule has 2 N–H and O–H groups in total. The summed E-state index contributed by atoms with van der Waals surface area (Å²) in [5.74, 6) is -0.271. The van der Waals surface area contributed by atoms with Gasteiger partial charge in [-0.05, 0) is 19.5 Å². The van der Waals surface area contributed by atoms with Gasteiger partial charge in [-0.1, -0.05) is 31.3 Å². The van der Waals surface area contributed by atoms with Gasteiger partial charge in [-0.15, -0.1) is 0 Å². The number of rotatable bonds is 4. The lowest BCUT2D eigenvalue weighted by atomic mass is 10.1. The molecule has 0 spiro atoms. The highest BCUT2D eigenvalue weighted by Gasteiger charge is 2.23. The number of thiocarbonyl (C=S) groups is 1. The second-order valence-corrected chi connectivity index (χ2v) is 5.86. The molecule has 1 fully saturated rings. The topological polar surface area (TPSA) is 32.5 Å². The molecule has 110 valence electrons. The van der Waals surface area contributed by atoms with Crippen LogP contribution >= 0.6 is 12.2 Å². The molecule has 1 aromatic carbocycles. The minimum absolute atomic E-state index is 0.120. The van der Waals surface area contributed by atoms with Gasteiger partial charge in [0.05, 0.1) is 0 Å². The summed E-state index contributed by atoms with van der Waals surface area (Å²) in [6.45, 7) is 5.77. The average molecular weight is 295 g/mol. The van der Waals surface area contributed by atoms with Gasteiger partial charge in [0.1, 0.15) is 10.8 Å². The van der Waals surface area contributed by atoms with E-state index < -0.39 is 0 Å². The van der Waals surface area contributed by atoms with Crippen LogP contribution in [0.15, 0.2) is 18.2 Å². The summed E-state index contributed by atoms with van der Waals surface area (Å²) in [4.78, 5) is 4.79. The lowest BCUT2D eigenvalue weighted by Crippen LogP contribution is -2.50. The number of benzene rings is 1. The van der Waals surface area contributed by atoms with Crippen molar-refractivity contribution >= 4 is 17.2 Å². The van der Waals surface area contributed by atoms with E-state index in [1.165, 1.54) is 0 Å². The Bertz CT molecular complexity index is 492. The fourth-order valence-electron chi connectivity index (χ4n) is 2.73. The summed E-state index contributed by atoms with van der Waals surface area (Å²) in [6.07, 6.45) is 1.11. The quantitative estimate of drug-likeness (QED) is 0.861. The second-order valence-electron chi connectivity index (χ2n) is 5.42. The molecule has 1 aliphatic heterocycles. The summed E-state index contributed by atoms with van der Waals surface area (Å²) in [5, 5.41) is 0. The smallest absolute Gasteiger partial charge is 0.137 e. The van der Waals surface area contributed by atoms with Gasteiger partial charge in [-0.3, -0.25) is 4.90 Å². The van der Waals surface area contributed by atoms with E-state index in [9.17, 15) is 4.39 Å². The molecule has 0 aliphatic carbocycles. The molecule has 0 saturated carbocycles. The Hall–Kier alpha value is -1.04. The van der Waals surface area contributed by atoms with E-state index in [0.29, 0.717) is 23.7 Å². The highest BCUT2D eigenvalue weighted by atomic mass is 32.1. The van der Waals surface area contributed by atoms with Gasteiger partial charge in [0.15, 0.2) is 0 Å². The molecular formula is C15H22FN3S. The van der Waals surface area contributed by atoms with Crippen molar-refractivity contribution in [1.82, 2.24) is 9.80 Å². The molecule has 1 saturated heterocycles. The van der Waals surface area contributed by atoms with Crippen LogP contribution in [-0.2, 0) is 6.54 Å². The predicted molar refractivity (Wildman–Crippen MR) is 84.3 cm³/mol. The Morgan fingerprint density at radius 2 is 2.20 bits per heavy atom. The first-order valence-corrected chi connectivity index (χ1v) is 7.43. The van der Waals surface area contributed by atoms with Gasteiger partial charge < -0.3 is 10.6 Å². The van der Waals surface area contributed by atoms with Crippen molar-refractivity contribution in [3.05, 3.63) is 35.1 Å². The number of nitrogens with two attached hydrogens (primary N) is 1. The molecule has 0 radical (unpaired) electrons. The van der Waals surface area contributed by atoms with Gasteiger partial charge >= 0.3 is 0 Å². The van der Waals surface area contributed by atoms with Crippen LogP contribution in [0.2, 0.25) is 0 Å². The van der Waals surface area contributed by atoms with Crippen molar-refractivity contribution < 1.29 is 4.39 Å². The molecule has 1 heterocycles. The summed E-state index contributed by atoms with van der Waals surface area (Å²) in [5.41, 5.74) is 6.57. The van der Waals surface area contributed by atoms with E-state index in [2.05, 4.69) is 23.8 Å². The molecule has 1 aromatic rings. The number of hydrogen-bond acceptors (Lipinski definition) is 3. The van der Waals surface area contributed by atoms with Crippen molar-refractivity contribution in [2.75, 3.05) is 26.7 Å². The standard InChI is InChI=1S/C15H22FN3S/c1-3-12-10-19(8-7-18(12)2)9-11-5-4-6-13(14(11)16)15(17)20/h4-6,12H,3,7-10H2,1-2H3,(H2,17,20). The molecule has 20 heavy (non-hydrogen) atoms. The van der Waals surface area contributed by atoms with E-state index in [4.69, 9.17) is 18.0 Å². The maximum Gasteiger partial charge on any atom is 0.137 e. The van der Waals surface area contributed by atoms with Crippen LogP contribution < -0.4 is 5.73 Å². The molecular weight excluding hydrogens is 273 g/mol. The van der Waals surface area contributed by atoms with Crippen LogP contribution in [0.3, 0.4) is 0 Å². The highest BCUT2D eigenvalue weighted by molar-refractivity contribution is 7.80. The Morgan fingerprint density at radius 3 is 2.85 bits per heavy atom. The second kappa shape index (κ2) is 6.61. The number of likely N-dealkylation sites (N-methyl/N-ethyl adjacent to an activating group) is 1. The van der Waals surface area contributed by atoms with Crippen LogP contribution in [0, 0.1) is 5.82 Å². The van der Waals surface area contributed by atoms with Crippen molar-refractivity contribution in [3.63, 3.8) is 0 Å². The van der Waals surface area contributed by atoms with Crippen LogP contribution in [0.5, 0.6) is 0 Å². The molecule has 3 nitrogen and oxygen atoms in total. The van der Waals surface area contributed by atoms with Gasteiger partial charge in [0, 0.05) is 43.3 Å². The van der Waals surface area contributed by atoms with E-state index in [1.54, 1.807) is 6.07 Å². The number of hydrogen-bond donors (Lipinski definition) is 1. The first-order chi connectivity index (χ1) is 9.52. The third-order valence-corrected chi connectivity index (χ3v) is 4.29. The zero-order valence-electron chi connectivity index (χ0n) is 12.1. The maximum atomic E-state index is 14.3. The predicted octanol–water partition coefficient (Wildman–Crippen LogP) is 1.99. The molecule has 0 bridgehead atoms. The molecule has 1 atom stereocenters. The van der Waals surface area contributed by atoms with Crippen molar-refractivity contribution in [1.29, 1.82) is 0 Å². The largest absolute Gasteiger partial charge is 0.389 e. The van der Waals surface area contributed by atoms with Gasteiger partial charge in [0.2, 0.25) is 0 Å². The first-order valence-electron chi connectivity index (χ1n) is 7.02. The minimum Gasteiger partial charge on any atom is -0.389 e. The fourth-order valence-corrected chi connectivity index (χ4v) is 2.89. The normalized spacial score (nSPS) is 21.1. The Labute approximate surface area is 125 Å². The summed E-state index contributed by atoms with van der Waals surface area (Å²) in [7, 11) is 2.15. The molecule has 0 aromatic heterocycles. The molecule has 1 aliphatic rings. The Kier molecular flexibility index (Phi) is 5.07. The average Bonchev–Trinajstić information content (AvgIpc) is 2.42. The van der Waals surface area contributed by atoms with Crippen molar-refractivity contribution in [2.45, 2.75) is 25.9 Å². The summed E-state index contributed by atoms with van der Waals surface area (Å²) in [6, 6.07) is 5.82. The van der Waals surface area contributed by atoms with E-state index in [0.717, 1.165) is 26.1 Å². The SMILES string of the molecule is CCC1CN(Cc2cccc(C(N)=S)c2F)CCN1C. The number of halogens is 1. The van der Waals surface area contributed by atoms with Crippen LogP contribution in [0.25, 0.3) is 0 Å². The third-order valence-electron chi connectivity index (χ3n) is 4.07. The first kappa shape index (κ1) is 15.4. The van der Waals surface area contributed by atoms with E-state index in [-0.39, 0.29) is 10.8 Å². The molecule has 1 unspecified atom stereocenters. The monoisotopic (exact) mass is 295 g/mol. The van der Waals surface area contributed by atoms with E-state index in [1.807, 2.05) is 12.1 Å². The zero-order chi connectivity index (χ0) is 14.7. The fraction of sp³-hybridized carbons (Fsp3) is 0.533. The molecule has 2 rings (SSSR count). The third kappa shape index (κ3) is 3.34. The lowest BCUT2D eigenvalue weighted by Gasteiger charge is -2.39. The highest BCUT2D eigenvalue weighted by Crippen LogP contribution is 2.18. The number of nitrogens with zero attached hydrogens (tertiary/aromatic N) is 2. The summed E-state index contributed by atoms with van der Waals surface area (Å²) < 4.78 is 14.3. The van der Waals surface area contributed by atoms with Crippen molar-refractivity contribution in [3.8, 4) is 0 Å². The summed E-state index contributed by atoms with van der Waals surface area (Å²) >= 11 is 4.88. The Balaban J connectivity index is 2.11. The van der Waals surface area contributed by atoms with Crippen LogP contribution in [0.4, 0.5) is 4.39 Å². The van der Waals surface area contributed by atoms with Crippen LogP contribution in [-0.4, -0.2) is 47.5 Å². The minimum atomic E-state index is -0.271. The van der Waals surface area contributed by atoms with Gasteiger partial charge in [-0.25, -0.2) is 4.39 Å². The van der Waals surface area contributed by atoms with Crippen molar-refractivity contribution in [2.24, 2.45) is 5.73 Å². The van der Waals surface area contributed by atoms with Gasteiger partial charge in [0.25, 0.3) is 0 Å². The van der Waals surface area contributed by atoms with Gasteiger partial charge in [-0.2, -0.15) is 0 Å². The lowest BCUT2D eigenvalue weighted by molar-refractivity contribution is 0.0876. The molecule has 5 heteroatoms. The van der Waals surface area contributed by atoms with Crippen LogP contribution in [0.1, 0.15) is 24.5 Å². The van der Waals surface area contributed by atoms with E-state index >= 15 is 0 Å². The number of piperazine rings is 1. The zero-order valence-corrected chi connectivity index (χ0v) is 12.9. The Morgan fingerprint density at radius 1 is 1.45 bits per heavy atom.